The average molecular weight is 432 g/mol. The van der Waals surface area contributed by atoms with Crippen molar-refractivity contribution in [3.63, 3.8) is 0 Å². The number of carbonyl (C=O) groups excluding carboxylic acids is 1. The zero-order valence-electron chi connectivity index (χ0n) is 19.2. The zero-order valence-corrected chi connectivity index (χ0v) is 20.0. The van der Waals surface area contributed by atoms with Gasteiger partial charge in [0.05, 0.1) is 0 Å². The Morgan fingerprint density at radius 3 is 2.60 bits per heavy atom. The number of hydrogen-bond acceptors (Lipinski definition) is 4. The SMILES string of the molecule is CN1CCC(N(C)C(=O)CC[C@@H]2CCCN(Cc3ccc(C4CCCC4)s3)C2)CC1. The highest BCUT2D eigenvalue weighted by atomic mass is 32.1. The Bertz CT molecular complexity index is 676. The summed E-state index contributed by atoms with van der Waals surface area (Å²) in [7, 11) is 4.21. The molecule has 0 radical (unpaired) electrons. The Morgan fingerprint density at radius 1 is 1.07 bits per heavy atom. The normalized spacial score (nSPS) is 25.1. The highest BCUT2D eigenvalue weighted by molar-refractivity contribution is 7.12. The molecule has 1 atom stereocenters. The molecule has 5 heteroatoms. The molecule has 0 bridgehead atoms. The maximum Gasteiger partial charge on any atom is 0.222 e. The van der Waals surface area contributed by atoms with E-state index < -0.39 is 0 Å². The lowest BCUT2D eigenvalue weighted by Crippen LogP contribution is -2.44. The molecule has 3 heterocycles. The molecule has 168 valence electrons. The number of amides is 1. The second-order valence-electron chi connectivity index (χ2n) is 10.1. The van der Waals surface area contributed by atoms with Crippen molar-refractivity contribution in [3.8, 4) is 0 Å². The van der Waals surface area contributed by atoms with Crippen LogP contribution in [0.25, 0.3) is 0 Å². The highest BCUT2D eigenvalue weighted by Gasteiger charge is 2.26. The third-order valence-electron chi connectivity index (χ3n) is 7.82. The van der Waals surface area contributed by atoms with Crippen LogP contribution in [0, 0.1) is 5.92 Å². The van der Waals surface area contributed by atoms with Crippen LogP contribution in [0.1, 0.15) is 79.9 Å². The van der Waals surface area contributed by atoms with Gasteiger partial charge in [-0.05, 0) is 95.6 Å². The van der Waals surface area contributed by atoms with Crippen LogP contribution in [0.15, 0.2) is 12.1 Å². The summed E-state index contributed by atoms with van der Waals surface area (Å²) in [4.78, 5) is 23.0. The Balaban J connectivity index is 1.20. The maximum absolute atomic E-state index is 12.8. The first-order chi connectivity index (χ1) is 14.6. The van der Waals surface area contributed by atoms with Crippen LogP contribution in [0.2, 0.25) is 0 Å². The summed E-state index contributed by atoms with van der Waals surface area (Å²) >= 11 is 2.06. The Hall–Kier alpha value is -0.910. The molecule has 3 fully saturated rings. The predicted octanol–water partition coefficient (Wildman–Crippen LogP) is 4.95. The lowest BCUT2D eigenvalue weighted by molar-refractivity contribution is -0.133. The number of hydrogen-bond donors (Lipinski definition) is 0. The van der Waals surface area contributed by atoms with Gasteiger partial charge in [0.15, 0.2) is 0 Å². The van der Waals surface area contributed by atoms with Crippen LogP contribution < -0.4 is 0 Å². The van der Waals surface area contributed by atoms with E-state index in [1.165, 1.54) is 56.5 Å². The number of thiophene rings is 1. The van der Waals surface area contributed by atoms with Crippen LogP contribution in [0.5, 0.6) is 0 Å². The van der Waals surface area contributed by atoms with Crippen molar-refractivity contribution in [1.82, 2.24) is 14.7 Å². The van der Waals surface area contributed by atoms with Crippen molar-refractivity contribution in [1.29, 1.82) is 0 Å². The van der Waals surface area contributed by atoms with Crippen LogP contribution in [0.3, 0.4) is 0 Å². The van der Waals surface area contributed by atoms with E-state index in [0.29, 0.717) is 17.9 Å². The molecule has 0 N–H and O–H groups in total. The first-order valence-electron chi connectivity index (χ1n) is 12.3. The smallest absolute Gasteiger partial charge is 0.222 e. The molecule has 0 aromatic carbocycles. The van der Waals surface area contributed by atoms with Gasteiger partial charge in [-0.3, -0.25) is 9.69 Å². The minimum atomic E-state index is 0.362. The van der Waals surface area contributed by atoms with Gasteiger partial charge in [-0.2, -0.15) is 0 Å². The summed E-state index contributed by atoms with van der Waals surface area (Å²) in [5.41, 5.74) is 0. The number of carbonyl (C=O) groups is 1. The highest BCUT2D eigenvalue weighted by Crippen LogP contribution is 2.38. The van der Waals surface area contributed by atoms with Crippen LogP contribution in [0.4, 0.5) is 0 Å². The molecule has 1 saturated carbocycles. The van der Waals surface area contributed by atoms with E-state index in [4.69, 9.17) is 0 Å². The fourth-order valence-electron chi connectivity index (χ4n) is 5.75. The maximum atomic E-state index is 12.8. The molecular formula is C25H41N3OS. The van der Waals surface area contributed by atoms with Gasteiger partial charge in [-0.25, -0.2) is 0 Å². The minimum Gasteiger partial charge on any atom is -0.343 e. The first kappa shape index (κ1) is 22.3. The summed E-state index contributed by atoms with van der Waals surface area (Å²) in [6.45, 7) is 5.73. The van der Waals surface area contributed by atoms with Crippen LogP contribution in [-0.4, -0.2) is 66.9 Å². The van der Waals surface area contributed by atoms with Crippen molar-refractivity contribution in [2.24, 2.45) is 5.92 Å². The van der Waals surface area contributed by atoms with Crippen LogP contribution in [-0.2, 0) is 11.3 Å². The third-order valence-corrected chi connectivity index (χ3v) is 9.05. The second kappa shape index (κ2) is 10.6. The summed E-state index contributed by atoms with van der Waals surface area (Å²) in [5, 5.41) is 0. The predicted molar refractivity (Wildman–Crippen MR) is 126 cm³/mol. The molecule has 2 aliphatic heterocycles. The molecule has 4 rings (SSSR count). The van der Waals surface area contributed by atoms with Crippen LogP contribution >= 0.6 is 11.3 Å². The van der Waals surface area contributed by atoms with Gasteiger partial charge < -0.3 is 9.80 Å². The molecule has 4 nitrogen and oxygen atoms in total. The number of piperidine rings is 2. The summed E-state index contributed by atoms with van der Waals surface area (Å²) in [5.74, 6) is 1.88. The van der Waals surface area contributed by atoms with Gasteiger partial charge in [0, 0.05) is 42.4 Å². The number of rotatable bonds is 7. The fourth-order valence-corrected chi connectivity index (χ4v) is 6.97. The Labute approximate surface area is 187 Å². The fraction of sp³-hybridized carbons (Fsp3) is 0.800. The number of nitrogens with zero attached hydrogens (tertiary/aromatic N) is 3. The van der Waals surface area contributed by atoms with E-state index in [-0.39, 0.29) is 0 Å². The van der Waals surface area contributed by atoms with E-state index in [2.05, 4.69) is 45.2 Å². The number of likely N-dealkylation sites (tertiary alicyclic amines) is 2. The van der Waals surface area contributed by atoms with Gasteiger partial charge in [0.1, 0.15) is 0 Å². The van der Waals surface area contributed by atoms with E-state index in [1.807, 2.05) is 7.05 Å². The quantitative estimate of drug-likeness (QED) is 0.611. The molecule has 0 spiro atoms. The van der Waals surface area contributed by atoms with E-state index in [0.717, 1.165) is 51.2 Å². The summed E-state index contributed by atoms with van der Waals surface area (Å²) in [6.07, 6.45) is 12.2. The monoisotopic (exact) mass is 431 g/mol. The van der Waals surface area contributed by atoms with E-state index in [9.17, 15) is 4.79 Å². The first-order valence-corrected chi connectivity index (χ1v) is 13.2. The van der Waals surface area contributed by atoms with Crippen molar-refractivity contribution in [3.05, 3.63) is 21.9 Å². The van der Waals surface area contributed by atoms with Crippen molar-refractivity contribution in [2.45, 2.75) is 82.7 Å². The second-order valence-corrected chi connectivity index (χ2v) is 11.3. The van der Waals surface area contributed by atoms with E-state index >= 15 is 0 Å². The average Bonchev–Trinajstić information content (AvgIpc) is 3.44. The molecule has 1 aromatic rings. The largest absolute Gasteiger partial charge is 0.343 e. The van der Waals surface area contributed by atoms with Gasteiger partial charge in [0.25, 0.3) is 0 Å². The molecule has 1 aliphatic carbocycles. The molecular weight excluding hydrogens is 390 g/mol. The topological polar surface area (TPSA) is 26.8 Å². The van der Waals surface area contributed by atoms with Gasteiger partial charge >= 0.3 is 0 Å². The standard InChI is InChI=1S/C25H41N3OS/c1-26-16-13-22(14-17-26)27(2)25(29)12-9-20-6-5-15-28(18-20)19-23-10-11-24(30-23)21-7-3-4-8-21/h10-11,20-22H,3-9,12-19H2,1-2H3/t20-/m0/s1. The molecule has 0 unspecified atom stereocenters. The zero-order chi connectivity index (χ0) is 20.9. The lowest BCUT2D eigenvalue weighted by atomic mass is 9.93. The minimum absolute atomic E-state index is 0.362. The lowest BCUT2D eigenvalue weighted by Gasteiger charge is -2.36. The van der Waals surface area contributed by atoms with Crippen molar-refractivity contribution in [2.75, 3.05) is 40.3 Å². The Kier molecular flexibility index (Phi) is 7.88. The molecule has 1 amide bonds. The van der Waals surface area contributed by atoms with Crippen molar-refractivity contribution < 1.29 is 4.79 Å². The molecule has 2 saturated heterocycles. The third kappa shape index (κ3) is 5.86. The summed E-state index contributed by atoms with van der Waals surface area (Å²) < 4.78 is 0. The molecule has 1 aromatic heterocycles. The van der Waals surface area contributed by atoms with Gasteiger partial charge in [-0.1, -0.05) is 12.8 Å². The summed E-state index contributed by atoms with van der Waals surface area (Å²) in [6, 6.07) is 5.22. The van der Waals surface area contributed by atoms with Gasteiger partial charge in [0.2, 0.25) is 5.91 Å². The Morgan fingerprint density at radius 2 is 1.83 bits per heavy atom. The molecule has 3 aliphatic rings. The van der Waals surface area contributed by atoms with Gasteiger partial charge in [-0.15, -0.1) is 11.3 Å². The van der Waals surface area contributed by atoms with Crippen molar-refractivity contribution >= 4 is 17.2 Å². The van der Waals surface area contributed by atoms with E-state index in [1.54, 1.807) is 4.88 Å². The molecule has 30 heavy (non-hydrogen) atoms.